The highest BCUT2D eigenvalue weighted by Gasteiger charge is 2.42. The lowest BCUT2D eigenvalue weighted by Crippen LogP contribution is -2.58. The molecule has 1 aromatic carbocycles. The molecule has 0 atom stereocenters. The fourth-order valence-corrected chi connectivity index (χ4v) is 3.33. The Balaban J connectivity index is 2.10. The number of aliphatic imine (C=N–C) groups is 2. The van der Waals surface area contributed by atoms with E-state index in [4.69, 9.17) is 11.5 Å². The van der Waals surface area contributed by atoms with Gasteiger partial charge in [0, 0.05) is 5.69 Å². The van der Waals surface area contributed by atoms with Crippen molar-refractivity contribution in [3.8, 4) is 5.75 Å². The molecule has 0 amide bonds. The first-order valence-corrected chi connectivity index (χ1v) is 7.49. The molecule has 2 aliphatic rings. The normalized spacial score (nSPS) is 20.1. The summed E-state index contributed by atoms with van der Waals surface area (Å²) in [4.78, 5) is 21.5. The van der Waals surface area contributed by atoms with Crippen molar-refractivity contribution in [2.24, 2.45) is 21.5 Å². The van der Waals surface area contributed by atoms with E-state index in [9.17, 15) is 15.0 Å². The first-order chi connectivity index (χ1) is 10.9. The third kappa shape index (κ3) is 2.56. The average Bonchev–Trinajstić information content (AvgIpc) is 2.48. The first kappa shape index (κ1) is 15.1. The van der Waals surface area contributed by atoms with Crippen molar-refractivity contribution in [2.45, 2.75) is 37.8 Å². The van der Waals surface area contributed by atoms with Crippen molar-refractivity contribution in [2.75, 3.05) is 4.90 Å². The van der Waals surface area contributed by atoms with E-state index in [2.05, 4.69) is 9.98 Å². The zero-order valence-electron chi connectivity index (χ0n) is 12.6. The third-order valence-corrected chi connectivity index (χ3v) is 4.32. The van der Waals surface area contributed by atoms with Crippen molar-refractivity contribution in [3.63, 3.8) is 0 Å². The van der Waals surface area contributed by atoms with Gasteiger partial charge in [-0.2, -0.15) is 4.99 Å². The van der Waals surface area contributed by atoms with Crippen LogP contribution in [0.5, 0.6) is 5.75 Å². The number of benzene rings is 1. The van der Waals surface area contributed by atoms with Crippen LogP contribution in [0.1, 0.15) is 42.5 Å². The molecule has 1 spiro atoms. The lowest BCUT2D eigenvalue weighted by atomic mass is 9.87. The van der Waals surface area contributed by atoms with E-state index in [0.29, 0.717) is 5.69 Å². The van der Waals surface area contributed by atoms with Crippen LogP contribution in [0.15, 0.2) is 28.2 Å². The fraction of sp³-hybridized carbons (Fsp3) is 0.400. The molecule has 8 heteroatoms. The number of carboxylic acids is 1. The highest BCUT2D eigenvalue weighted by Crippen LogP contribution is 2.40. The van der Waals surface area contributed by atoms with Crippen LogP contribution >= 0.6 is 0 Å². The Bertz CT molecular complexity index is 707. The van der Waals surface area contributed by atoms with E-state index < -0.39 is 11.6 Å². The van der Waals surface area contributed by atoms with Crippen LogP contribution in [0, 0.1) is 0 Å². The number of nitrogens with two attached hydrogens (primary N) is 2. The van der Waals surface area contributed by atoms with Crippen LogP contribution < -0.4 is 16.4 Å². The van der Waals surface area contributed by atoms with Gasteiger partial charge in [0.15, 0.2) is 0 Å². The number of phenols is 1. The highest BCUT2D eigenvalue weighted by atomic mass is 16.4. The lowest BCUT2D eigenvalue weighted by molar-refractivity contribution is 0.0693. The molecule has 1 saturated carbocycles. The number of aromatic hydroxyl groups is 1. The maximum atomic E-state index is 11.3. The molecule has 23 heavy (non-hydrogen) atoms. The number of aromatic carboxylic acids is 1. The Hall–Kier alpha value is -2.77. The molecule has 1 aromatic rings. The van der Waals surface area contributed by atoms with Gasteiger partial charge in [0.2, 0.25) is 11.9 Å². The minimum atomic E-state index is -1.21. The average molecular weight is 317 g/mol. The van der Waals surface area contributed by atoms with Gasteiger partial charge in [-0.25, -0.2) is 9.79 Å². The number of rotatable bonds is 2. The second-order valence-electron chi connectivity index (χ2n) is 5.83. The number of carbonyl (C=O) groups is 1. The number of anilines is 1. The molecule has 0 radical (unpaired) electrons. The molecule has 0 saturated heterocycles. The number of guanidine groups is 2. The molecule has 1 aliphatic carbocycles. The van der Waals surface area contributed by atoms with Gasteiger partial charge in [-0.3, -0.25) is 4.90 Å². The molecule has 122 valence electrons. The molecule has 1 aliphatic heterocycles. The van der Waals surface area contributed by atoms with Crippen molar-refractivity contribution < 1.29 is 15.0 Å². The highest BCUT2D eigenvalue weighted by molar-refractivity contribution is 6.06. The first-order valence-electron chi connectivity index (χ1n) is 7.49. The summed E-state index contributed by atoms with van der Waals surface area (Å²) in [7, 11) is 0. The molecular formula is C15H19N5O3. The molecule has 0 unspecified atom stereocenters. The maximum Gasteiger partial charge on any atom is 0.339 e. The minimum absolute atomic E-state index is 0.137. The van der Waals surface area contributed by atoms with Gasteiger partial charge in [-0.1, -0.05) is 6.42 Å². The van der Waals surface area contributed by atoms with Gasteiger partial charge in [-0.05, 0) is 43.9 Å². The molecule has 0 bridgehead atoms. The standard InChI is InChI=1S/C15H19N5O3/c16-13-18-14(17)20(15(19-13)6-2-1-3-7-15)9-4-5-11(21)10(8-9)12(22)23/h4-5,8,21H,1-3,6-7H2,(H,22,23)(H4,16,17,18,19). The summed E-state index contributed by atoms with van der Waals surface area (Å²) in [5.74, 6) is -1.19. The molecule has 0 aromatic heterocycles. The van der Waals surface area contributed by atoms with Crippen LogP contribution in [0.4, 0.5) is 5.69 Å². The van der Waals surface area contributed by atoms with Gasteiger partial charge >= 0.3 is 5.97 Å². The molecule has 1 fully saturated rings. The molecule has 6 N–H and O–H groups in total. The molecular weight excluding hydrogens is 298 g/mol. The van der Waals surface area contributed by atoms with Gasteiger partial charge in [0.25, 0.3) is 0 Å². The van der Waals surface area contributed by atoms with Gasteiger partial charge < -0.3 is 21.7 Å². The Morgan fingerprint density at radius 3 is 2.57 bits per heavy atom. The molecule has 3 rings (SSSR count). The number of nitrogens with zero attached hydrogens (tertiary/aromatic N) is 3. The summed E-state index contributed by atoms with van der Waals surface area (Å²) in [6.45, 7) is 0. The number of hydrogen-bond acceptors (Lipinski definition) is 7. The quantitative estimate of drug-likeness (QED) is 0.646. The van der Waals surface area contributed by atoms with Crippen LogP contribution in [-0.2, 0) is 0 Å². The van der Waals surface area contributed by atoms with Crippen molar-refractivity contribution in [1.82, 2.24) is 0 Å². The van der Waals surface area contributed by atoms with Gasteiger partial charge in [0.1, 0.15) is 17.0 Å². The number of hydrogen-bond donors (Lipinski definition) is 4. The minimum Gasteiger partial charge on any atom is -0.507 e. The summed E-state index contributed by atoms with van der Waals surface area (Å²) >= 11 is 0. The van der Waals surface area contributed by atoms with E-state index in [-0.39, 0.29) is 23.2 Å². The van der Waals surface area contributed by atoms with Gasteiger partial charge in [-0.15, -0.1) is 0 Å². The zero-order chi connectivity index (χ0) is 16.6. The lowest BCUT2D eigenvalue weighted by Gasteiger charge is -2.45. The third-order valence-electron chi connectivity index (χ3n) is 4.32. The number of carboxylic acid groups (broad SMARTS) is 1. The Morgan fingerprint density at radius 2 is 1.91 bits per heavy atom. The van der Waals surface area contributed by atoms with Crippen molar-refractivity contribution >= 4 is 23.6 Å². The second-order valence-corrected chi connectivity index (χ2v) is 5.83. The monoisotopic (exact) mass is 317 g/mol. The van der Waals surface area contributed by atoms with Crippen LogP contribution in [0.25, 0.3) is 0 Å². The van der Waals surface area contributed by atoms with Crippen LogP contribution in [0.3, 0.4) is 0 Å². The summed E-state index contributed by atoms with van der Waals surface area (Å²) in [5.41, 5.74) is 11.6. The van der Waals surface area contributed by atoms with Crippen LogP contribution in [0.2, 0.25) is 0 Å². The maximum absolute atomic E-state index is 11.3. The molecule has 8 nitrogen and oxygen atoms in total. The second kappa shape index (κ2) is 5.45. The zero-order valence-corrected chi connectivity index (χ0v) is 12.6. The SMILES string of the molecule is NC1=NC2(CCCCC2)N(c2ccc(O)c(C(=O)O)c2)C(N)=N1. The smallest absolute Gasteiger partial charge is 0.339 e. The summed E-state index contributed by atoms with van der Waals surface area (Å²) in [5, 5.41) is 18.9. The predicted octanol–water partition coefficient (Wildman–Crippen LogP) is 1.20. The van der Waals surface area contributed by atoms with Crippen molar-refractivity contribution in [3.05, 3.63) is 23.8 Å². The van der Waals surface area contributed by atoms with E-state index in [1.54, 1.807) is 11.0 Å². The van der Waals surface area contributed by atoms with Crippen molar-refractivity contribution in [1.29, 1.82) is 0 Å². The topological polar surface area (TPSA) is 138 Å². The molecule has 1 heterocycles. The summed E-state index contributed by atoms with van der Waals surface area (Å²) < 4.78 is 0. The van der Waals surface area contributed by atoms with Crippen LogP contribution in [-0.4, -0.2) is 33.8 Å². The Morgan fingerprint density at radius 1 is 1.22 bits per heavy atom. The largest absolute Gasteiger partial charge is 0.507 e. The summed E-state index contributed by atoms with van der Waals surface area (Å²) in [6.07, 6.45) is 4.58. The van der Waals surface area contributed by atoms with Gasteiger partial charge in [0.05, 0.1) is 0 Å². The van der Waals surface area contributed by atoms with E-state index in [1.165, 1.54) is 12.1 Å². The Kier molecular flexibility index (Phi) is 3.59. The van der Waals surface area contributed by atoms with E-state index in [1.807, 2.05) is 0 Å². The predicted molar refractivity (Wildman–Crippen MR) is 86.6 cm³/mol. The van der Waals surface area contributed by atoms with E-state index in [0.717, 1.165) is 32.1 Å². The fourth-order valence-electron chi connectivity index (χ4n) is 3.33. The van der Waals surface area contributed by atoms with E-state index >= 15 is 0 Å². The summed E-state index contributed by atoms with van der Waals surface area (Å²) in [6, 6.07) is 4.33. The Labute approximate surface area is 133 Å².